The van der Waals surface area contributed by atoms with E-state index in [2.05, 4.69) is 5.32 Å². The molecule has 1 aliphatic rings. The van der Waals surface area contributed by atoms with Gasteiger partial charge in [-0.2, -0.15) is 0 Å². The lowest BCUT2D eigenvalue weighted by atomic mass is 9.82. The lowest BCUT2D eigenvalue weighted by molar-refractivity contribution is -0.139. The molecule has 0 aromatic heterocycles. The van der Waals surface area contributed by atoms with Crippen molar-refractivity contribution in [2.75, 3.05) is 11.9 Å². The van der Waals surface area contributed by atoms with Crippen LogP contribution in [-0.4, -0.2) is 23.6 Å². The summed E-state index contributed by atoms with van der Waals surface area (Å²) >= 11 is 0. The quantitative estimate of drug-likeness (QED) is 0.803. The number of carboxylic acid groups (broad SMARTS) is 1. The first-order chi connectivity index (χ1) is 9.63. The Hall–Kier alpha value is -2.04. The van der Waals surface area contributed by atoms with E-state index < -0.39 is 5.97 Å². The van der Waals surface area contributed by atoms with Crippen molar-refractivity contribution >= 4 is 17.6 Å². The number of nitrogens with one attached hydrogen (secondary N) is 1. The van der Waals surface area contributed by atoms with Gasteiger partial charge in [0, 0.05) is 18.2 Å². The molecule has 108 valence electrons. The summed E-state index contributed by atoms with van der Waals surface area (Å²) in [5.41, 5.74) is 0.631. The highest BCUT2D eigenvalue weighted by molar-refractivity contribution is 5.90. The van der Waals surface area contributed by atoms with Crippen molar-refractivity contribution in [3.05, 3.63) is 24.3 Å². The average Bonchev–Trinajstić information content (AvgIpc) is 2.35. The van der Waals surface area contributed by atoms with Crippen molar-refractivity contribution in [1.82, 2.24) is 0 Å². The van der Waals surface area contributed by atoms with Crippen molar-refractivity contribution in [3.63, 3.8) is 0 Å². The first-order valence-electron chi connectivity index (χ1n) is 6.88. The molecule has 20 heavy (non-hydrogen) atoms. The summed E-state index contributed by atoms with van der Waals surface area (Å²) in [7, 11) is 0. The molecule has 1 aliphatic carbocycles. The average molecular weight is 277 g/mol. The van der Waals surface area contributed by atoms with Gasteiger partial charge in [-0.15, -0.1) is 0 Å². The third-order valence-corrected chi connectivity index (χ3v) is 3.48. The highest BCUT2D eigenvalue weighted by Crippen LogP contribution is 2.30. The van der Waals surface area contributed by atoms with Crippen LogP contribution in [0.3, 0.4) is 0 Å². The molecule has 1 aromatic rings. The van der Waals surface area contributed by atoms with Crippen LogP contribution in [0, 0.1) is 5.92 Å². The minimum Gasteiger partial charge on any atom is -0.482 e. The van der Waals surface area contributed by atoms with E-state index in [1.54, 1.807) is 24.3 Å². The van der Waals surface area contributed by atoms with Crippen LogP contribution >= 0.6 is 0 Å². The van der Waals surface area contributed by atoms with Gasteiger partial charge in [-0.1, -0.05) is 25.3 Å². The zero-order chi connectivity index (χ0) is 14.4. The smallest absolute Gasteiger partial charge is 0.341 e. The zero-order valence-electron chi connectivity index (χ0n) is 11.3. The monoisotopic (exact) mass is 277 g/mol. The van der Waals surface area contributed by atoms with E-state index in [1.165, 1.54) is 19.3 Å². The normalized spacial score (nSPS) is 14.4. The largest absolute Gasteiger partial charge is 0.482 e. The second-order valence-electron chi connectivity index (χ2n) is 5.09. The molecule has 5 heteroatoms. The Labute approximate surface area is 117 Å². The molecule has 1 amide bonds. The number of carbonyl (C=O) groups excluding carboxylic acids is 1. The number of carboxylic acids is 1. The predicted octanol–water partition coefficient (Wildman–Crippen LogP) is 2.67. The highest BCUT2D eigenvalue weighted by Gasteiger charge is 2.18. The summed E-state index contributed by atoms with van der Waals surface area (Å²) in [5.74, 6) is 0.113. The van der Waals surface area contributed by atoms with Gasteiger partial charge in [-0.05, 0) is 24.5 Å². The predicted molar refractivity (Wildman–Crippen MR) is 74.8 cm³/mol. The molecule has 0 radical (unpaired) electrons. The van der Waals surface area contributed by atoms with Crippen LogP contribution in [0.25, 0.3) is 0 Å². The maximum atomic E-state index is 11.8. The second kappa shape index (κ2) is 6.93. The zero-order valence-corrected chi connectivity index (χ0v) is 11.3. The summed E-state index contributed by atoms with van der Waals surface area (Å²) in [6, 6.07) is 6.77. The summed E-state index contributed by atoms with van der Waals surface area (Å²) < 4.78 is 5.06. The van der Waals surface area contributed by atoms with E-state index in [-0.39, 0.29) is 12.5 Å². The van der Waals surface area contributed by atoms with Crippen LogP contribution in [0.5, 0.6) is 5.75 Å². The van der Waals surface area contributed by atoms with Crippen LogP contribution in [0.2, 0.25) is 0 Å². The summed E-state index contributed by atoms with van der Waals surface area (Å²) in [6.07, 6.45) is 5.25. The van der Waals surface area contributed by atoms with Crippen molar-refractivity contribution in [3.8, 4) is 5.75 Å². The van der Waals surface area contributed by atoms with E-state index in [0.717, 1.165) is 6.42 Å². The molecule has 0 saturated heterocycles. The molecular weight excluding hydrogens is 258 g/mol. The molecule has 0 atom stereocenters. The third kappa shape index (κ3) is 4.57. The Morgan fingerprint density at radius 2 is 2.15 bits per heavy atom. The SMILES string of the molecule is O=C(O)COc1cccc(NC(=O)CCC2CCC2)c1. The molecule has 2 N–H and O–H groups in total. The Balaban J connectivity index is 1.80. The van der Waals surface area contributed by atoms with Gasteiger partial charge in [-0.3, -0.25) is 4.79 Å². The number of amides is 1. The van der Waals surface area contributed by atoms with Crippen LogP contribution in [0.15, 0.2) is 24.3 Å². The highest BCUT2D eigenvalue weighted by atomic mass is 16.5. The molecule has 0 spiro atoms. The van der Waals surface area contributed by atoms with Crippen molar-refractivity contribution in [2.45, 2.75) is 32.1 Å². The summed E-state index contributed by atoms with van der Waals surface area (Å²) in [4.78, 5) is 22.2. The molecule has 1 fully saturated rings. The van der Waals surface area contributed by atoms with Gasteiger partial charge in [0.1, 0.15) is 5.75 Å². The number of ether oxygens (including phenoxy) is 1. The number of anilines is 1. The molecule has 1 saturated carbocycles. The lowest BCUT2D eigenvalue weighted by Gasteiger charge is -2.24. The van der Waals surface area contributed by atoms with Gasteiger partial charge in [-0.25, -0.2) is 4.79 Å². The molecule has 0 aliphatic heterocycles. The van der Waals surface area contributed by atoms with Gasteiger partial charge in [0.2, 0.25) is 5.91 Å². The fourth-order valence-electron chi connectivity index (χ4n) is 2.15. The second-order valence-corrected chi connectivity index (χ2v) is 5.09. The van der Waals surface area contributed by atoms with Crippen LogP contribution in [0.4, 0.5) is 5.69 Å². The van der Waals surface area contributed by atoms with Crippen molar-refractivity contribution in [2.24, 2.45) is 5.92 Å². The minimum absolute atomic E-state index is 0.00714. The third-order valence-electron chi connectivity index (χ3n) is 3.48. The fourth-order valence-corrected chi connectivity index (χ4v) is 2.15. The Bertz CT molecular complexity index is 483. The topological polar surface area (TPSA) is 75.6 Å². The first kappa shape index (κ1) is 14.4. The van der Waals surface area contributed by atoms with E-state index in [9.17, 15) is 9.59 Å². The van der Waals surface area contributed by atoms with Crippen LogP contribution in [-0.2, 0) is 9.59 Å². The number of aliphatic carboxylic acids is 1. The van der Waals surface area contributed by atoms with E-state index in [1.807, 2.05) is 0 Å². The number of hydrogen-bond donors (Lipinski definition) is 2. The van der Waals surface area contributed by atoms with Gasteiger partial charge in [0.05, 0.1) is 0 Å². The first-order valence-corrected chi connectivity index (χ1v) is 6.88. The maximum Gasteiger partial charge on any atom is 0.341 e. The van der Waals surface area contributed by atoms with E-state index in [0.29, 0.717) is 23.8 Å². The molecule has 0 unspecified atom stereocenters. The number of rotatable bonds is 7. The Morgan fingerprint density at radius 1 is 1.35 bits per heavy atom. The molecule has 0 bridgehead atoms. The molecule has 5 nitrogen and oxygen atoms in total. The van der Waals surface area contributed by atoms with Crippen LogP contribution in [0.1, 0.15) is 32.1 Å². The fraction of sp³-hybridized carbons (Fsp3) is 0.467. The molecule has 1 aromatic carbocycles. The molecule has 2 rings (SSSR count). The standard InChI is InChI=1S/C15H19NO4/c17-14(8-7-11-3-1-4-11)16-12-5-2-6-13(9-12)20-10-15(18)19/h2,5-6,9,11H,1,3-4,7-8,10H2,(H,16,17)(H,18,19). The number of carbonyl (C=O) groups is 2. The van der Waals surface area contributed by atoms with Gasteiger partial charge < -0.3 is 15.2 Å². The Kier molecular flexibility index (Phi) is 4.98. The van der Waals surface area contributed by atoms with E-state index >= 15 is 0 Å². The van der Waals surface area contributed by atoms with Crippen molar-refractivity contribution in [1.29, 1.82) is 0 Å². The molecule has 0 heterocycles. The minimum atomic E-state index is -1.03. The Morgan fingerprint density at radius 3 is 2.80 bits per heavy atom. The number of hydrogen-bond acceptors (Lipinski definition) is 3. The van der Waals surface area contributed by atoms with Gasteiger partial charge >= 0.3 is 5.97 Å². The van der Waals surface area contributed by atoms with Crippen molar-refractivity contribution < 1.29 is 19.4 Å². The molecular formula is C15H19NO4. The number of benzene rings is 1. The summed E-state index contributed by atoms with van der Waals surface area (Å²) in [6.45, 7) is -0.390. The maximum absolute atomic E-state index is 11.8. The van der Waals surface area contributed by atoms with E-state index in [4.69, 9.17) is 9.84 Å². The lowest BCUT2D eigenvalue weighted by Crippen LogP contribution is -2.17. The van der Waals surface area contributed by atoms with Crippen LogP contribution < -0.4 is 10.1 Å². The summed E-state index contributed by atoms with van der Waals surface area (Å²) in [5, 5.41) is 11.4. The van der Waals surface area contributed by atoms with Gasteiger partial charge in [0.25, 0.3) is 0 Å². The van der Waals surface area contributed by atoms with Gasteiger partial charge in [0.15, 0.2) is 6.61 Å².